The standard InChI is InChI=1S/C26H25Cl3N4O/c1-16(2)30-10-11-31-26(34)19-5-3-4-18(12-19)25-32-23-13-21(28)22(29)14-24(23)33(25)15-17-6-8-20(27)9-7-17/h3-9,12-14,16,30H,10-11,15H2,1-2H3,(H,31,34). The number of nitrogens with zero attached hydrogens (tertiary/aromatic N) is 2. The molecule has 34 heavy (non-hydrogen) atoms. The number of fused-ring (bicyclic) bond motifs is 1. The van der Waals surface area contributed by atoms with Gasteiger partial charge in [0.2, 0.25) is 0 Å². The summed E-state index contributed by atoms with van der Waals surface area (Å²) in [5, 5.41) is 7.83. The van der Waals surface area contributed by atoms with Crippen molar-refractivity contribution < 1.29 is 4.79 Å². The third kappa shape index (κ3) is 5.73. The zero-order chi connectivity index (χ0) is 24.2. The van der Waals surface area contributed by atoms with E-state index in [4.69, 9.17) is 39.8 Å². The van der Waals surface area contributed by atoms with E-state index < -0.39 is 0 Å². The lowest BCUT2D eigenvalue weighted by Gasteiger charge is -2.12. The van der Waals surface area contributed by atoms with Crippen LogP contribution < -0.4 is 10.6 Å². The van der Waals surface area contributed by atoms with E-state index in [1.165, 1.54) is 0 Å². The SMILES string of the molecule is CC(C)NCCNC(=O)c1cccc(-c2nc3cc(Cl)c(Cl)cc3n2Cc2ccc(Cl)cc2)c1. The average Bonchev–Trinajstić information content (AvgIpc) is 3.15. The lowest BCUT2D eigenvalue weighted by molar-refractivity contribution is 0.0953. The molecule has 0 aliphatic heterocycles. The minimum Gasteiger partial charge on any atom is -0.351 e. The Morgan fingerprint density at radius 2 is 1.71 bits per heavy atom. The largest absolute Gasteiger partial charge is 0.351 e. The Kier molecular flexibility index (Phi) is 7.79. The number of aromatic nitrogens is 2. The number of rotatable bonds is 8. The van der Waals surface area contributed by atoms with Crippen molar-refractivity contribution in [2.45, 2.75) is 26.4 Å². The Balaban J connectivity index is 1.70. The van der Waals surface area contributed by atoms with Crippen LogP contribution in [0, 0.1) is 0 Å². The smallest absolute Gasteiger partial charge is 0.251 e. The van der Waals surface area contributed by atoms with E-state index in [0.29, 0.717) is 46.3 Å². The van der Waals surface area contributed by atoms with Crippen molar-refractivity contribution in [3.8, 4) is 11.4 Å². The summed E-state index contributed by atoms with van der Waals surface area (Å²) in [5.41, 5.74) is 4.04. The van der Waals surface area contributed by atoms with E-state index in [1.54, 1.807) is 12.1 Å². The normalized spacial score (nSPS) is 11.4. The van der Waals surface area contributed by atoms with E-state index >= 15 is 0 Å². The molecule has 4 aromatic rings. The molecule has 176 valence electrons. The third-order valence-corrected chi connectivity index (χ3v) is 6.36. The first-order chi connectivity index (χ1) is 16.3. The van der Waals surface area contributed by atoms with Gasteiger partial charge in [0.1, 0.15) is 5.82 Å². The molecule has 1 amide bonds. The Labute approximate surface area is 214 Å². The molecule has 0 atom stereocenters. The van der Waals surface area contributed by atoms with Gasteiger partial charge < -0.3 is 15.2 Å². The van der Waals surface area contributed by atoms with Gasteiger partial charge in [-0.2, -0.15) is 0 Å². The van der Waals surface area contributed by atoms with E-state index in [0.717, 1.165) is 28.0 Å². The van der Waals surface area contributed by atoms with Crippen LogP contribution in [0.4, 0.5) is 0 Å². The summed E-state index contributed by atoms with van der Waals surface area (Å²) in [4.78, 5) is 17.6. The Morgan fingerprint density at radius 3 is 2.44 bits per heavy atom. The number of nitrogens with one attached hydrogen (secondary N) is 2. The van der Waals surface area contributed by atoms with Gasteiger partial charge in [-0.05, 0) is 42.0 Å². The highest BCUT2D eigenvalue weighted by Gasteiger charge is 2.17. The molecule has 4 rings (SSSR count). The highest BCUT2D eigenvalue weighted by molar-refractivity contribution is 6.42. The topological polar surface area (TPSA) is 58.9 Å². The van der Waals surface area contributed by atoms with Crippen molar-refractivity contribution in [3.05, 3.63) is 86.9 Å². The number of halogens is 3. The molecular formula is C26H25Cl3N4O. The lowest BCUT2D eigenvalue weighted by Crippen LogP contribution is -2.34. The van der Waals surface area contributed by atoms with Crippen LogP contribution in [-0.2, 0) is 6.54 Å². The maximum Gasteiger partial charge on any atom is 0.251 e. The van der Waals surface area contributed by atoms with Crippen molar-refractivity contribution in [3.63, 3.8) is 0 Å². The summed E-state index contributed by atoms with van der Waals surface area (Å²) in [7, 11) is 0. The fourth-order valence-corrected chi connectivity index (χ4v) is 4.15. The molecule has 8 heteroatoms. The van der Waals surface area contributed by atoms with Gasteiger partial charge in [-0.1, -0.05) is 72.9 Å². The minimum absolute atomic E-state index is 0.126. The maximum absolute atomic E-state index is 12.7. The van der Waals surface area contributed by atoms with Crippen molar-refractivity contribution in [1.82, 2.24) is 20.2 Å². The molecule has 0 aliphatic rings. The van der Waals surface area contributed by atoms with Crippen LogP contribution in [0.1, 0.15) is 29.8 Å². The van der Waals surface area contributed by atoms with Crippen LogP contribution >= 0.6 is 34.8 Å². The molecule has 0 spiro atoms. The van der Waals surface area contributed by atoms with Gasteiger partial charge in [0.05, 0.1) is 21.1 Å². The zero-order valence-electron chi connectivity index (χ0n) is 18.9. The molecule has 1 aromatic heterocycles. The molecule has 0 saturated carbocycles. The van der Waals surface area contributed by atoms with Crippen LogP contribution in [0.15, 0.2) is 60.7 Å². The fourth-order valence-electron chi connectivity index (χ4n) is 3.71. The molecule has 0 saturated heterocycles. The summed E-state index contributed by atoms with van der Waals surface area (Å²) in [6, 6.07) is 19.1. The molecule has 5 nitrogen and oxygen atoms in total. The molecule has 0 fully saturated rings. The summed E-state index contributed by atoms with van der Waals surface area (Å²) in [6.07, 6.45) is 0. The van der Waals surface area contributed by atoms with Crippen molar-refractivity contribution in [2.24, 2.45) is 0 Å². The van der Waals surface area contributed by atoms with Gasteiger partial charge in [-0.15, -0.1) is 0 Å². The lowest BCUT2D eigenvalue weighted by atomic mass is 10.1. The number of imidazole rings is 1. The first kappa shape index (κ1) is 24.6. The second kappa shape index (κ2) is 10.8. The first-order valence-electron chi connectivity index (χ1n) is 11.0. The van der Waals surface area contributed by atoms with Crippen LogP contribution in [0.25, 0.3) is 22.4 Å². The molecular weight excluding hydrogens is 491 g/mol. The van der Waals surface area contributed by atoms with Gasteiger partial charge in [0.15, 0.2) is 0 Å². The van der Waals surface area contributed by atoms with Gasteiger partial charge in [-0.3, -0.25) is 4.79 Å². The first-order valence-corrected chi connectivity index (χ1v) is 12.2. The molecule has 0 radical (unpaired) electrons. The quantitative estimate of drug-likeness (QED) is 0.266. The molecule has 1 heterocycles. The van der Waals surface area contributed by atoms with E-state index in [9.17, 15) is 4.79 Å². The highest BCUT2D eigenvalue weighted by atomic mass is 35.5. The Bertz CT molecular complexity index is 1320. The van der Waals surface area contributed by atoms with Crippen LogP contribution in [0.2, 0.25) is 15.1 Å². The van der Waals surface area contributed by atoms with Gasteiger partial charge >= 0.3 is 0 Å². The molecule has 0 unspecified atom stereocenters. The van der Waals surface area contributed by atoms with Crippen LogP contribution in [0.3, 0.4) is 0 Å². The van der Waals surface area contributed by atoms with Gasteiger partial charge in [0, 0.05) is 41.8 Å². The molecule has 0 aliphatic carbocycles. The number of hydrogen-bond donors (Lipinski definition) is 2. The predicted octanol–water partition coefficient (Wildman–Crippen LogP) is 6.44. The van der Waals surface area contributed by atoms with E-state index in [1.807, 2.05) is 48.5 Å². The molecule has 3 aromatic carbocycles. The number of benzene rings is 3. The van der Waals surface area contributed by atoms with E-state index in [2.05, 4.69) is 29.0 Å². The molecule has 0 bridgehead atoms. The summed E-state index contributed by atoms with van der Waals surface area (Å²) in [6.45, 7) is 5.96. The average molecular weight is 516 g/mol. The van der Waals surface area contributed by atoms with E-state index in [-0.39, 0.29) is 5.91 Å². The Morgan fingerprint density at radius 1 is 0.971 bits per heavy atom. The monoisotopic (exact) mass is 514 g/mol. The van der Waals surface area contributed by atoms with Crippen molar-refractivity contribution >= 4 is 51.7 Å². The maximum atomic E-state index is 12.7. The van der Waals surface area contributed by atoms with Crippen LogP contribution in [-0.4, -0.2) is 34.6 Å². The summed E-state index contributed by atoms with van der Waals surface area (Å²) < 4.78 is 2.07. The molecule has 2 N–H and O–H groups in total. The van der Waals surface area contributed by atoms with Gasteiger partial charge in [0.25, 0.3) is 5.91 Å². The second-order valence-corrected chi connectivity index (χ2v) is 9.60. The van der Waals surface area contributed by atoms with Crippen LogP contribution in [0.5, 0.6) is 0 Å². The zero-order valence-corrected chi connectivity index (χ0v) is 21.2. The number of carbonyl (C=O) groups is 1. The number of hydrogen-bond acceptors (Lipinski definition) is 3. The van der Waals surface area contributed by atoms with Crippen molar-refractivity contribution in [1.29, 1.82) is 0 Å². The minimum atomic E-state index is -0.126. The highest BCUT2D eigenvalue weighted by Crippen LogP contribution is 2.32. The number of carbonyl (C=O) groups excluding carboxylic acids is 1. The van der Waals surface area contributed by atoms with Gasteiger partial charge in [-0.25, -0.2) is 4.98 Å². The fraction of sp³-hybridized carbons (Fsp3) is 0.231. The summed E-state index contributed by atoms with van der Waals surface area (Å²) in [5.74, 6) is 0.596. The summed E-state index contributed by atoms with van der Waals surface area (Å²) >= 11 is 18.7. The van der Waals surface area contributed by atoms with Crippen molar-refractivity contribution in [2.75, 3.05) is 13.1 Å². The predicted molar refractivity (Wildman–Crippen MR) is 141 cm³/mol. The Hall–Kier alpha value is -2.57. The third-order valence-electron chi connectivity index (χ3n) is 5.39. The second-order valence-electron chi connectivity index (χ2n) is 8.35. The number of amides is 1.